The lowest BCUT2D eigenvalue weighted by Gasteiger charge is -2.08. The van der Waals surface area contributed by atoms with E-state index in [2.05, 4.69) is 10.3 Å². The quantitative estimate of drug-likeness (QED) is 0.853. The van der Waals surface area contributed by atoms with Crippen LogP contribution in [0.3, 0.4) is 0 Å². The Kier molecular flexibility index (Phi) is 4.73. The molecule has 0 radical (unpaired) electrons. The second kappa shape index (κ2) is 6.92. The minimum Gasteiger partial charge on any atom is -0.496 e. The molecule has 1 aliphatic carbocycles. The SMILES string of the molecule is COc1ccccc1CCC(=O)NCc1csc(C2CC2)n1. The number of thiazole rings is 1. The average molecular weight is 316 g/mol. The summed E-state index contributed by atoms with van der Waals surface area (Å²) in [6, 6.07) is 7.81. The van der Waals surface area contributed by atoms with Crippen molar-refractivity contribution in [2.45, 2.75) is 38.1 Å². The van der Waals surface area contributed by atoms with Gasteiger partial charge in [-0.25, -0.2) is 4.98 Å². The molecule has 4 nitrogen and oxygen atoms in total. The molecule has 1 aromatic heterocycles. The maximum absolute atomic E-state index is 12.0. The van der Waals surface area contributed by atoms with Gasteiger partial charge in [-0.15, -0.1) is 11.3 Å². The van der Waals surface area contributed by atoms with Crippen LogP contribution in [0.25, 0.3) is 0 Å². The zero-order valence-corrected chi connectivity index (χ0v) is 13.5. The lowest BCUT2D eigenvalue weighted by Crippen LogP contribution is -2.23. The van der Waals surface area contributed by atoms with Gasteiger partial charge in [0, 0.05) is 17.7 Å². The van der Waals surface area contributed by atoms with E-state index in [0.29, 0.717) is 25.3 Å². The Hall–Kier alpha value is -1.88. The Bertz CT molecular complexity index is 650. The lowest BCUT2D eigenvalue weighted by molar-refractivity contribution is -0.121. The Labute approximate surface area is 134 Å². The van der Waals surface area contributed by atoms with Crippen molar-refractivity contribution in [3.8, 4) is 5.75 Å². The van der Waals surface area contributed by atoms with Gasteiger partial charge in [0.05, 0.1) is 24.4 Å². The third-order valence-electron chi connectivity index (χ3n) is 3.78. The van der Waals surface area contributed by atoms with E-state index in [1.54, 1.807) is 18.4 Å². The summed E-state index contributed by atoms with van der Waals surface area (Å²) in [5.74, 6) is 1.57. The molecule has 1 aliphatic rings. The van der Waals surface area contributed by atoms with Crippen molar-refractivity contribution in [1.82, 2.24) is 10.3 Å². The van der Waals surface area contributed by atoms with E-state index in [0.717, 1.165) is 17.0 Å². The fraction of sp³-hybridized carbons (Fsp3) is 0.412. The van der Waals surface area contributed by atoms with Crippen molar-refractivity contribution in [1.29, 1.82) is 0 Å². The number of aromatic nitrogens is 1. The molecular formula is C17H20N2O2S. The molecule has 0 saturated heterocycles. The number of rotatable bonds is 7. The number of nitrogens with zero attached hydrogens (tertiary/aromatic N) is 1. The highest BCUT2D eigenvalue weighted by Crippen LogP contribution is 2.41. The fourth-order valence-corrected chi connectivity index (χ4v) is 3.35. The van der Waals surface area contributed by atoms with Crippen molar-refractivity contribution in [2.24, 2.45) is 0 Å². The van der Waals surface area contributed by atoms with Crippen molar-refractivity contribution < 1.29 is 9.53 Å². The molecule has 0 spiro atoms. The Morgan fingerprint density at radius 2 is 2.23 bits per heavy atom. The zero-order valence-electron chi connectivity index (χ0n) is 12.7. The summed E-state index contributed by atoms with van der Waals surface area (Å²) in [4.78, 5) is 16.5. The highest BCUT2D eigenvalue weighted by Gasteiger charge is 2.26. The molecule has 1 aromatic carbocycles. The first-order valence-corrected chi connectivity index (χ1v) is 8.47. The second-order valence-electron chi connectivity index (χ2n) is 5.54. The van der Waals surface area contributed by atoms with Crippen LogP contribution in [-0.2, 0) is 17.8 Å². The van der Waals surface area contributed by atoms with Gasteiger partial charge in [0.25, 0.3) is 0 Å². The summed E-state index contributed by atoms with van der Waals surface area (Å²) in [6.45, 7) is 0.522. The van der Waals surface area contributed by atoms with Crippen LogP contribution in [0, 0.1) is 0 Å². The predicted octanol–water partition coefficient (Wildman–Crippen LogP) is 3.28. The maximum Gasteiger partial charge on any atom is 0.220 e. The fourth-order valence-electron chi connectivity index (χ4n) is 2.36. The van der Waals surface area contributed by atoms with Crippen LogP contribution in [0.4, 0.5) is 0 Å². The molecule has 3 rings (SSSR count). The lowest BCUT2D eigenvalue weighted by atomic mass is 10.1. The minimum absolute atomic E-state index is 0.0480. The van der Waals surface area contributed by atoms with Crippen LogP contribution in [0.2, 0.25) is 0 Å². The van der Waals surface area contributed by atoms with Crippen LogP contribution < -0.4 is 10.1 Å². The number of amides is 1. The van der Waals surface area contributed by atoms with E-state index in [-0.39, 0.29) is 5.91 Å². The summed E-state index contributed by atoms with van der Waals surface area (Å²) in [6.07, 6.45) is 3.66. The molecule has 0 unspecified atom stereocenters. The molecular weight excluding hydrogens is 296 g/mol. The minimum atomic E-state index is 0.0480. The topological polar surface area (TPSA) is 51.2 Å². The van der Waals surface area contributed by atoms with Gasteiger partial charge in [0.2, 0.25) is 5.91 Å². The number of aryl methyl sites for hydroxylation is 1. The van der Waals surface area contributed by atoms with Gasteiger partial charge in [-0.05, 0) is 30.9 Å². The van der Waals surface area contributed by atoms with E-state index < -0.39 is 0 Å². The molecule has 116 valence electrons. The van der Waals surface area contributed by atoms with Gasteiger partial charge in [0.15, 0.2) is 0 Å². The Morgan fingerprint density at radius 3 is 3.00 bits per heavy atom. The molecule has 1 saturated carbocycles. The molecule has 1 N–H and O–H groups in total. The van der Waals surface area contributed by atoms with Crippen LogP contribution in [0.5, 0.6) is 5.75 Å². The molecule has 0 atom stereocenters. The highest BCUT2D eigenvalue weighted by molar-refractivity contribution is 7.09. The van der Waals surface area contributed by atoms with Gasteiger partial charge < -0.3 is 10.1 Å². The highest BCUT2D eigenvalue weighted by atomic mass is 32.1. The number of para-hydroxylation sites is 1. The molecule has 5 heteroatoms. The summed E-state index contributed by atoms with van der Waals surface area (Å²) in [5, 5.41) is 6.21. The average Bonchev–Trinajstić information content (AvgIpc) is 3.30. The van der Waals surface area contributed by atoms with Crippen molar-refractivity contribution in [2.75, 3.05) is 7.11 Å². The van der Waals surface area contributed by atoms with E-state index in [9.17, 15) is 4.79 Å². The largest absolute Gasteiger partial charge is 0.496 e. The summed E-state index contributed by atoms with van der Waals surface area (Å²) in [7, 11) is 1.65. The standard InChI is InChI=1S/C17H20N2O2S/c1-21-15-5-3-2-4-12(15)8-9-16(20)18-10-14-11-22-17(19-14)13-6-7-13/h2-5,11,13H,6-10H2,1H3,(H,18,20). The first-order chi connectivity index (χ1) is 10.8. The number of hydrogen-bond acceptors (Lipinski definition) is 4. The number of benzene rings is 1. The van der Waals surface area contributed by atoms with E-state index in [4.69, 9.17) is 4.74 Å². The van der Waals surface area contributed by atoms with Crippen molar-refractivity contribution in [3.63, 3.8) is 0 Å². The third-order valence-corrected chi connectivity index (χ3v) is 4.83. The summed E-state index contributed by atoms with van der Waals surface area (Å²) < 4.78 is 5.30. The maximum atomic E-state index is 12.0. The first-order valence-electron chi connectivity index (χ1n) is 7.59. The van der Waals surface area contributed by atoms with Crippen molar-refractivity contribution in [3.05, 3.63) is 45.9 Å². The van der Waals surface area contributed by atoms with Crippen LogP contribution in [-0.4, -0.2) is 18.0 Å². The number of carbonyl (C=O) groups is 1. The van der Waals surface area contributed by atoms with Gasteiger partial charge in [-0.3, -0.25) is 4.79 Å². The number of methoxy groups -OCH3 is 1. The van der Waals surface area contributed by atoms with E-state index in [1.807, 2.05) is 29.6 Å². The summed E-state index contributed by atoms with van der Waals surface area (Å²) in [5.41, 5.74) is 2.03. The number of ether oxygens (including phenoxy) is 1. The number of nitrogens with one attached hydrogen (secondary N) is 1. The Balaban J connectivity index is 1.45. The predicted molar refractivity (Wildman–Crippen MR) is 87.3 cm³/mol. The van der Waals surface area contributed by atoms with Gasteiger partial charge >= 0.3 is 0 Å². The van der Waals surface area contributed by atoms with Crippen LogP contribution in [0.1, 0.15) is 41.4 Å². The molecule has 2 aromatic rings. The van der Waals surface area contributed by atoms with E-state index >= 15 is 0 Å². The first kappa shape index (κ1) is 15.0. The smallest absolute Gasteiger partial charge is 0.220 e. The third kappa shape index (κ3) is 3.85. The normalized spacial score (nSPS) is 13.9. The summed E-state index contributed by atoms with van der Waals surface area (Å²) >= 11 is 1.71. The zero-order chi connectivity index (χ0) is 15.4. The number of hydrogen-bond donors (Lipinski definition) is 1. The molecule has 1 heterocycles. The Morgan fingerprint density at radius 1 is 1.41 bits per heavy atom. The van der Waals surface area contributed by atoms with Gasteiger partial charge in [-0.2, -0.15) is 0 Å². The van der Waals surface area contributed by atoms with Gasteiger partial charge in [0.1, 0.15) is 5.75 Å². The van der Waals surface area contributed by atoms with E-state index in [1.165, 1.54) is 17.8 Å². The van der Waals surface area contributed by atoms with Crippen LogP contribution in [0.15, 0.2) is 29.6 Å². The van der Waals surface area contributed by atoms with Crippen LogP contribution >= 0.6 is 11.3 Å². The molecule has 1 fully saturated rings. The monoisotopic (exact) mass is 316 g/mol. The molecule has 0 bridgehead atoms. The number of carbonyl (C=O) groups excluding carboxylic acids is 1. The van der Waals surface area contributed by atoms with Crippen molar-refractivity contribution >= 4 is 17.2 Å². The second-order valence-corrected chi connectivity index (χ2v) is 6.43. The molecule has 22 heavy (non-hydrogen) atoms. The molecule has 1 amide bonds. The molecule has 0 aliphatic heterocycles. The van der Waals surface area contributed by atoms with Gasteiger partial charge in [-0.1, -0.05) is 18.2 Å².